The van der Waals surface area contributed by atoms with Crippen molar-refractivity contribution in [2.75, 3.05) is 44.3 Å². The molecule has 1 saturated heterocycles. The molecule has 0 atom stereocenters. The Bertz CT molecular complexity index is 909. The third-order valence-corrected chi connectivity index (χ3v) is 5.26. The summed E-state index contributed by atoms with van der Waals surface area (Å²) in [5, 5.41) is 9.71. The van der Waals surface area contributed by atoms with Gasteiger partial charge in [-0.05, 0) is 41.1 Å². The molecule has 0 aliphatic carbocycles. The Balaban J connectivity index is 1.58. The molecule has 7 nitrogen and oxygen atoms in total. The van der Waals surface area contributed by atoms with E-state index in [0.717, 1.165) is 5.82 Å². The summed E-state index contributed by atoms with van der Waals surface area (Å²) in [4.78, 5) is 20.8. The minimum absolute atomic E-state index is 0.104. The van der Waals surface area contributed by atoms with E-state index in [2.05, 4.69) is 31.9 Å². The van der Waals surface area contributed by atoms with Crippen molar-refractivity contribution >= 4 is 39.3 Å². The molecule has 3 rings (SSSR count). The summed E-state index contributed by atoms with van der Waals surface area (Å²) in [6.07, 6.45) is 1.62. The number of hydrogen-bond acceptors (Lipinski definition) is 6. The molecule has 2 aromatic rings. The van der Waals surface area contributed by atoms with E-state index in [1.807, 2.05) is 13.0 Å². The van der Waals surface area contributed by atoms with Crippen LogP contribution >= 0.6 is 27.5 Å². The van der Waals surface area contributed by atoms with E-state index >= 15 is 0 Å². The third kappa shape index (κ3) is 5.31. The van der Waals surface area contributed by atoms with Crippen LogP contribution in [0.4, 0.5) is 5.82 Å². The molecule has 1 amide bonds. The fraction of sp³-hybridized carbons (Fsp3) is 0.350. The van der Waals surface area contributed by atoms with Crippen LogP contribution in [0.15, 0.2) is 34.9 Å². The Morgan fingerprint density at radius 2 is 2.03 bits per heavy atom. The van der Waals surface area contributed by atoms with Crippen molar-refractivity contribution < 1.29 is 14.3 Å². The van der Waals surface area contributed by atoms with Gasteiger partial charge in [-0.3, -0.25) is 4.79 Å². The minimum atomic E-state index is -0.107. The lowest BCUT2D eigenvalue weighted by atomic mass is 10.2. The van der Waals surface area contributed by atoms with E-state index in [9.17, 15) is 4.79 Å². The smallest absolute Gasteiger partial charge is 0.260 e. The molecule has 2 heterocycles. The quantitative estimate of drug-likeness (QED) is 0.631. The molecule has 9 heteroatoms. The highest BCUT2D eigenvalue weighted by atomic mass is 79.9. The highest BCUT2D eigenvalue weighted by Crippen LogP contribution is 2.36. The van der Waals surface area contributed by atoms with Crippen LogP contribution in [0.5, 0.6) is 11.5 Å². The van der Waals surface area contributed by atoms with Gasteiger partial charge in [0.2, 0.25) is 0 Å². The first-order valence-electron chi connectivity index (χ1n) is 9.15. The number of nitrogens with zero attached hydrogens (tertiary/aromatic N) is 4. The molecule has 1 aromatic carbocycles. The summed E-state index contributed by atoms with van der Waals surface area (Å²) < 4.78 is 11.9. The molecule has 152 valence electrons. The van der Waals surface area contributed by atoms with Crippen LogP contribution < -0.4 is 14.4 Å². The van der Waals surface area contributed by atoms with Crippen LogP contribution in [0.1, 0.15) is 12.5 Å². The van der Waals surface area contributed by atoms with Crippen molar-refractivity contribution in [3.05, 3.63) is 45.5 Å². The van der Waals surface area contributed by atoms with Crippen molar-refractivity contribution in [1.29, 1.82) is 5.26 Å². The Labute approximate surface area is 182 Å². The Morgan fingerprint density at radius 3 is 2.66 bits per heavy atom. The third-order valence-electron chi connectivity index (χ3n) is 4.45. The number of amides is 1. The first-order valence-corrected chi connectivity index (χ1v) is 10.3. The second-order valence-corrected chi connectivity index (χ2v) is 7.61. The highest BCUT2D eigenvalue weighted by molar-refractivity contribution is 9.10. The number of hydrogen-bond donors (Lipinski definition) is 0. The second-order valence-electron chi connectivity index (χ2n) is 6.32. The van der Waals surface area contributed by atoms with Crippen molar-refractivity contribution in [1.82, 2.24) is 9.88 Å². The van der Waals surface area contributed by atoms with Crippen LogP contribution in [0, 0.1) is 11.3 Å². The zero-order valence-corrected chi connectivity index (χ0v) is 18.2. The number of anilines is 1. The first-order chi connectivity index (χ1) is 14.0. The summed E-state index contributed by atoms with van der Waals surface area (Å²) in [6, 6.07) is 9.00. The van der Waals surface area contributed by atoms with Crippen LogP contribution in [0.3, 0.4) is 0 Å². The summed E-state index contributed by atoms with van der Waals surface area (Å²) in [5.41, 5.74) is 0.450. The van der Waals surface area contributed by atoms with E-state index in [1.165, 1.54) is 0 Å². The number of pyridine rings is 1. The van der Waals surface area contributed by atoms with Gasteiger partial charge in [0.05, 0.1) is 27.7 Å². The van der Waals surface area contributed by atoms with Gasteiger partial charge >= 0.3 is 0 Å². The molecule has 0 radical (unpaired) electrons. The summed E-state index contributed by atoms with van der Waals surface area (Å²) in [7, 11) is 0. The van der Waals surface area contributed by atoms with Crippen molar-refractivity contribution in [3.8, 4) is 17.6 Å². The molecule has 0 N–H and O–H groups in total. The molecular formula is C20H20BrClN4O3. The van der Waals surface area contributed by atoms with Gasteiger partial charge in [-0.1, -0.05) is 11.6 Å². The maximum Gasteiger partial charge on any atom is 0.260 e. The monoisotopic (exact) mass is 478 g/mol. The fourth-order valence-corrected chi connectivity index (χ4v) is 3.67. The SMILES string of the molecule is CCOc1cc(C#N)cc(Br)c1OCC(=O)N1CCN(c2ccc(Cl)cn2)CC1. The molecule has 0 saturated carbocycles. The molecule has 0 spiro atoms. The van der Waals surface area contributed by atoms with Gasteiger partial charge in [0.25, 0.3) is 5.91 Å². The number of nitriles is 1. The predicted octanol–water partition coefficient (Wildman–Crippen LogP) is 3.50. The Morgan fingerprint density at radius 1 is 1.28 bits per heavy atom. The largest absolute Gasteiger partial charge is 0.490 e. The normalized spacial score (nSPS) is 13.7. The Kier molecular flexibility index (Phi) is 7.18. The lowest BCUT2D eigenvalue weighted by Crippen LogP contribution is -2.50. The second kappa shape index (κ2) is 9.81. The zero-order valence-electron chi connectivity index (χ0n) is 15.9. The van der Waals surface area contributed by atoms with Gasteiger partial charge in [0, 0.05) is 38.4 Å². The molecule has 1 aromatic heterocycles. The maximum atomic E-state index is 12.6. The number of ether oxygens (including phenoxy) is 2. The zero-order chi connectivity index (χ0) is 20.8. The van der Waals surface area contributed by atoms with Gasteiger partial charge in [0.15, 0.2) is 18.1 Å². The minimum Gasteiger partial charge on any atom is -0.490 e. The van der Waals surface area contributed by atoms with E-state index in [4.69, 9.17) is 26.3 Å². The van der Waals surface area contributed by atoms with Crippen LogP contribution in [-0.4, -0.2) is 55.2 Å². The number of carbonyl (C=O) groups excluding carboxylic acids is 1. The molecule has 1 aliphatic rings. The highest BCUT2D eigenvalue weighted by Gasteiger charge is 2.23. The summed E-state index contributed by atoms with van der Waals surface area (Å²) in [5.74, 6) is 1.60. The van der Waals surface area contributed by atoms with E-state index in [-0.39, 0.29) is 12.5 Å². The molecular weight excluding hydrogens is 460 g/mol. The van der Waals surface area contributed by atoms with Crippen molar-refractivity contribution in [3.63, 3.8) is 0 Å². The number of piperazine rings is 1. The average molecular weight is 480 g/mol. The van der Waals surface area contributed by atoms with Crippen molar-refractivity contribution in [2.24, 2.45) is 0 Å². The predicted molar refractivity (Wildman–Crippen MR) is 114 cm³/mol. The number of rotatable bonds is 6. The fourth-order valence-electron chi connectivity index (χ4n) is 3.00. The van der Waals surface area contributed by atoms with Crippen LogP contribution in [0.2, 0.25) is 5.02 Å². The summed E-state index contributed by atoms with van der Waals surface area (Å²) >= 11 is 9.27. The van der Waals surface area contributed by atoms with E-state index < -0.39 is 0 Å². The van der Waals surface area contributed by atoms with Gasteiger partial charge in [-0.15, -0.1) is 0 Å². The lowest BCUT2D eigenvalue weighted by molar-refractivity contribution is -0.133. The van der Waals surface area contributed by atoms with Gasteiger partial charge in [0.1, 0.15) is 5.82 Å². The first kappa shape index (κ1) is 21.2. The Hall–Kier alpha value is -2.50. The number of benzene rings is 1. The van der Waals surface area contributed by atoms with Crippen LogP contribution in [0.25, 0.3) is 0 Å². The topological polar surface area (TPSA) is 78.7 Å². The lowest BCUT2D eigenvalue weighted by Gasteiger charge is -2.35. The van der Waals surface area contributed by atoms with E-state index in [0.29, 0.717) is 59.3 Å². The average Bonchev–Trinajstić information content (AvgIpc) is 2.73. The van der Waals surface area contributed by atoms with Gasteiger partial charge in [-0.25, -0.2) is 4.98 Å². The van der Waals surface area contributed by atoms with Gasteiger partial charge in [-0.2, -0.15) is 5.26 Å². The molecule has 0 unspecified atom stereocenters. The maximum absolute atomic E-state index is 12.6. The molecule has 1 aliphatic heterocycles. The van der Waals surface area contributed by atoms with Crippen LogP contribution in [-0.2, 0) is 4.79 Å². The molecule has 29 heavy (non-hydrogen) atoms. The standard InChI is InChI=1S/C20H20BrClN4O3/c1-2-28-17-10-14(11-23)9-16(21)20(17)29-13-19(27)26-7-5-25(6-8-26)18-4-3-15(22)12-24-18/h3-4,9-10,12H,2,5-8,13H2,1H3. The number of carbonyl (C=O) groups is 1. The molecule has 0 bridgehead atoms. The summed E-state index contributed by atoms with van der Waals surface area (Å²) in [6.45, 7) is 4.70. The number of aromatic nitrogens is 1. The molecule has 1 fully saturated rings. The van der Waals surface area contributed by atoms with Gasteiger partial charge < -0.3 is 19.3 Å². The van der Waals surface area contributed by atoms with E-state index in [1.54, 1.807) is 29.3 Å². The van der Waals surface area contributed by atoms with Crippen molar-refractivity contribution in [2.45, 2.75) is 6.92 Å². The number of halogens is 2.